The smallest absolute Gasteiger partial charge is 0.160 e. The topological polar surface area (TPSA) is 154 Å². The standard InChI is InChI=1S/C40H55N3O6/c1-49-36-21-29-7-11-37(47)40(15-12-25(19-38(40)48)2-3-27-18-30-6-10-32(45)22-34(30)43-24-27)16-13-28(33(29)23-35(36)46)5-9-31(44)8-4-26-14-17-42-39(41)20-26/h14,20-21,23,25,27-28,30-31,34,38,42-44,46,48H,2-12,15,17-19,22,24,41H2,1H3/t25-,27-,28-,30+,31+,34+,38+,40-/m0/s1. The third kappa shape index (κ3) is 8.36. The Hall–Kier alpha value is -3.32. The number of ether oxygens (including phenoxy) is 1. The highest BCUT2D eigenvalue weighted by molar-refractivity contribution is 5.89. The number of phenolic OH excluding ortho intramolecular Hbond substituents is 1. The Morgan fingerprint density at radius 3 is 2.71 bits per heavy atom. The predicted octanol–water partition coefficient (Wildman–Crippen LogP) is 4.53. The molecule has 0 unspecified atom stereocenters. The number of dihydropyridines is 1. The first-order valence-electron chi connectivity index (χ1n) is 18.6. The molecule has 2 aliphatic heterocycles. The van der Waals surface area contributed by atoms with E-state index in [1.807, 2.05) is 12.1 Å². The first kappa shape index (κ1) is 35.5. The predicted molar refractivity (Wildman–Crippen MR) is 189 cm³/mol. The van der Waals surface area contributed by atoms with Crippen molar-refractivity contribution in [1.82, 2.24) is 10.6 Å². The number of phenols is 1. The number of aliphatic hydroxyl groups is 2. The van der Waals surface area contributed by atoms with Gasteiger partial charge in [-0.15, -0.1) is 0 Å². The number of hydrogen-bond donors (Lipinski definition) is 6. The van der Waals surface area contributed by atoms with E-state index in [4.69, 9.17) is 10.5 Å². The zero-order valence-corrected chi connectivity index (χ0v) is 29.0. The van der Waals surface area contributed by atoms with E-state index in [1.54, 1.807) is 6.07 Å². The van der Waals surface area contributed by atoms with Gasteiger partial charge in [-0.25, -0.2) is 0 Å². The Morgan fingerprint density at radius 2 is 1.92 bits per heavy atom. The summed E-state index contributed by atoms with van der Waals surface area (Å²) < 4.78 is 5.42. The normalized spacial score (nSPS) is 32.1. The van der Waals surface area contributed by atoms with Gasteiger partial charge in [0.05, 0.1) is 25.1 Å². The molecule has 6 rings (SSSR count). The molecule has 5 aliphatic rings. The number of aromatic hydroxyl groups is 1. The number of ketones is 2. The van der Waals surface area contributed by atoms with Gasteiger partial charge in [-0.2, -0.15) is 0 Å². The summed E-state index contributed by atoms with van der Waals surface area (Å²) in [6.45, 7) is 1.64. The summed E-state index contributed by atoms with van der Waals surface area (Å²) in [5, 5.41) is 40.2. The molecule has 2 heterocycles. The van der Waals surface area contributed by atoms with Crippen LogP contribution in [-0.4, -0.2) is 65.3 Å². The van der Waals surface area contributed by atoms with Crippen LogP contribution in [0.1, 0.15) is 107 Å². The van der Waals surface area contributed by atoms with Gasteiger partial charge in [0, 0.05) is 37.8 Å². The molecule has 7 N–H and O–H groups in total. The Kier molecular flexibility index (Phi) is 11.4. The van der Waals surface area contributed by atoms with Crippen LogP contribution in [0.4, 0.5) is 0 Å². The Labute approximate surface area is 291 Å². The van der Waals surface area contributed by atoms with Gasteiger partial charge in [0.1, 0.15) is 11.2 Å². The first-order valence-corrected chi connectivity index (χ1v) is 18.6. The van der Waals surface area contributed by atoms with E-state index < -0.39 is 17.6 Å². The second-order valence-electron chi connectivity index (χ2n) is 15.4. The van der Waals surface area contributed by atoms with Crippen molar-refractivity contribution >= 4 is 11.6 Å². The molecule has 49 heavy (non-hydrogen) atoms. The van der Waals surface area contributed by atoms with Crippen molar-refractivity contribution in [2.24, 2.45) is 28.9 Å². The molecule has 3 aliphatic carbocycles. The first-order chi connectivity index (χ1) is 23.6. The number of benzene rings is 1. The largest absolute Gasteiger partial charge is 0.504 e. The Morgan fingerprint density at radius 1 is 1.08 bits per heavy atom. The maximum Gasteiger partial charge on any atom is 0.160 e. The molecule has 3 fully saturated rings. The van der Waals surface area contributed by atoms with Crippen LogP contribution in [0.25, 0.3) is 0 Å². The molecular weight excluding hydrogens is 618 g/mol. The molecule has 0 amide bonds. The molecule has 1 spiro atoms. The summed E-state index contributed by atoms with van der Waals surface area (Å²) >= 11 is 0. The van der Waals surface area contributed by atoms with Gasteiger partial charge in [0.15, 0.2) is 17.3 Å². The highest BCUT2D eigenvalue weighted by Crippen LogP contribution is 2.45. The maximum atomic E-state index is 14.0. The van der Waals surface area contributed by atoms with Crippen molar-refractivity contribution < 1.29 is 29.6 Å². The second-order valence-corrected chi connectivity index (χ2v) is 15.4. The van der Waals surface area contributed by atoms with E-state index in [9.17, 15) is 24.9 Å². The number of hydrogen-bond acceptors (Lipinski definition) is 9. The van der Waals surface area contributed by atoms with Crippen LogP contribution in [0.2, 0.25) is 0 Å². The monoisotopic (exact) mass is 673 g/mol. The molecule has 8 atom stereocenters. The van der Waals surface area contributed by atoms with Gasteiger partial charge in [0.2, 0.25) is 0 Å². The van der Waals surface area contributed by atoms with Crippen LogP contribution >= 0.6 is 0 Å². The van der Waals surface area contributed by atoms with Crippen LogP contribution in [0.3, 0.4) is 0 Å². The molecule has 266 valence electrons. The van der Waals surface area contributed by atoms with E-state index in [-0.39, 0.29) is 23.9 Å². The summed E-state index contributed by atoms with van der Waals surface area (Å²) in [6, 6.07) is 3.86. The molecule has 2 saturated carbocycles. The van der Waals surface area contributed by atoms with Crippen LogP contribution in [-0.2, 0) is 16.0 Å². The van der Waals surface area contributed by atoms with Crippen molar-refractivity contribution in [2.45, 2.75) is 120 Å². The fourth-order valence-electron chi connectivity index (χ4n) is 9.08. The van der Waals surface area contributed by atoms with Crippen molar-refractivity contribution in [3.05, 3.63) is 46.8 Å². The summed E-state index contributed by atoms with van der Waals surface area (Å²) in [6.07, 6.45) is 13.4. The zero-order valence-electron chi connectivity index (χ0n) is 29.0. The number of carbonyl (C=O) groups excluding carboxylic acids is 2. The van der Waals surface area contributed by atoms with Gasteiger partial charge in [-0.05, 0) is 130 Å². The second kappa shape index (κ2) is 15.7. The van der Waals surface area contributed by atoms with E-state index >= 15 is 0 Å². The minimum atomic E-state index is -1.11. The summed E-state index contributed by atoms with van der Waals surface area (Å²) in [7, 11) is 1.51. The molecule has 1 aromatic carbocycles. The number of methoxy groups -OCH3 is 1. The molecule has 0 aromatic heterocycles. The van der Waals surface area contributed by atoms with Crippen LogP contribution in [0.5, 0.6) is 11.5 Å². The summed E-state index contributed by atoms with van der Waals surface area (Å²) in [4.78, 5) is 25.9. The zero-order chi connectivity index (χ0) is 34.5. The SMILES string of the molecule is COc1cc2c(cc1O)[C@@H](CC[C@H](O)CCC1=CCNC(N)=C1)C#C[C@@]1(CC[C@H](CC[C@@H]3CN[C@@H]4CC(=O)CC[C@@H]4C3)C[C@H]1O)C(=O)CC2. The average molecular weight is 674 g/mol. The van der Waals surface area contributed by atoms with E-state index in [1.165, 1.54) is 13.5 Å². The molecule has 0 bridgehead atoms. The average Bonchev–Trinajstić information content (AvgIpc) is 3.14. The number of rotatable bonds is 10. The highest BCUT2D eigenvalue weighted by Gasteiger charge is 2.47. The molecule has 9 heteroatoms. The number of aryl methyl sites for hydroxylation is 1. The van der Waals surface area contributed by atoms with E-state index in [0.29, 0.717) is 99.1 Å². The van der Waals surface area contributed by atoms with Gasteiger partial charge in [-0.1, -0.05) is 24.3 Å². The maximum absolute atomic E-state index is 14.0. The molecule has 9 nitrogen and oxygen atoms in total. The van der Waals surface area contributed by atoms with E-state index in [2.05, 4.69) is 28.6 Å². The van der Waals surface area contributed by atoms with Gasteiger partial charge in [0.25, 0.3) is 0 Å². The number of Topliss-reactive ketones (excluding diaryl/α,β-unsaturated/α-hetero) is 2. The molecule has 1 aromatic rings. The quantitative estimate of drug-likeness (QED) is 0.197. The number of nitrogens with one attached hydrogen (secondary N) is 2. The highest BCUT2D eigenvalue weighted by atomic mass is 16.5. The summed E-state index contributed by atoms with van der Waals surface area (Å²) in [5.74, 6) is 9.39. The summed E-state index contributed by atoms with van der Waals surface area (Å²) in [5.41, 5.74) is 7.67. The lowest BCUT2D eigenvalue weighted by Gasteiger charge is -2.42. The lowest BCUT2D eigenvalue weighted by molar-refractivity contribution is -0.134. The third-order valence-corrected chi connectivity index (χ3v) is 12.1. The van der Waals surface area contributed by atoms with Crippen molar-refractivity contribution in [3.63, 3.8) is 0 Å². The fraction of sp³-hybridized carbons (Fsp3) is 0.650. The van der Waals surface area contributed by atoms with Gasteiger partial charge >= 0.3 is 0 Å². The minimum Gasteiger partial charge on any atom is -0.504 e. The van der Waals surface area contributed by atoms with Gasteiger partial charge in [-0.3, -0.25) is 9.59 Å². The Balaban J connectivity index is 1.13. The molecular formula is C40H55N3O6. The number of aliphatic hydroxyl groups excluding tert-OH is 2. The van der Waals surface area contributed by atoms with Gasteiger partial charge < -0.3 is 36.4 Å². The Bertz CT molecular complexity index is 1510. The van der Waals surface area contributed by atoms with Crippen LogP contribution < -0.4 is 21.1 Å². The van der Waals surface area contributed by atoms with Crippen LogP contribution in [0, 0.1) is 35.0 Å². The number of allylic oxidation sites excluding steroid dienone is 2. The molecule has 1 saturated heterocycles. The fourth-order valence-corrected chi connectivity index (χ4v) is 9.08. The number of carbonyl (C=O) groups is 2. The lowest BCUT2D eigenvalue weighted by atomic mass is 9.64. The van der Waals surface area contributed by atoms with Crippen molar-refractivity contribution in [1.29, 1.82) is 0 Å². The lowest BCUT2D eigenvalue weighted by Crippen LogP contribution is -2.49. The van der Waals surface area contributed by atoms with Crippen molar-refractivity contribution in [2.75, 3.05) is 20.2 Å². The van der Waals surface area contributed by atoms with Crippen molar-refractivity contribution in [3.8, 4) is 23.3 Å². The van der Waals surface area contributed by atoms with Crippen LogP contribution in [0.15, 0.2) is 35.7 Å². The number of nitrogens with two attached hydrogens (primary N) is 1. The molecule has 0 radical (unpaired) electrons. The third-order valence-electron chi connectivity index (χ3n) is 12.1. The number of fused-ring (bicyclic) bond motifs is 2. The minimum absolute atomic E-state index is 0.0124. The number of piperidine rings is 1. The van der Waals surface area contributed by atoms with E-state index in [0.717, 1.165) is 55.3 Å².